The van der Waals surface area contributed by atoms with E-state index in [1.54, 1.807) is 24.3 Å². The maximum atomic E-state index is 11.7. The molecule has 8 heteroatoms. The number of hydrazine groups is 1. The SMILES string of the molecule is O=C(/C=C/c1cc(Cl)c2c(c1)OCCO2)NNC(=O)c1ccco1. The van der Waals surface area contributed by atoms with Crippen LogP contribution in [0.4, 0.5) is 0 Å². The molecule has 0 unspecified atom stereocenters. The molecule has 3 rings (SSSR count). The van der Waals surface area contributed by atoms with Gasteiger partial charge >= 0.3 is 5.91 Å². The monoisotopic (exact) mass is 348 g/mol. The number of ether oxygens (including phenoxy) is 2. The molecule has 1 aliphatic rings. The van der Waals surface area contributed by atoms with Crippen LogP contribution in [-0.4, -0.2) is 25.0 Å². The molecule has 0 saturated heterocycles. The number of hydrogen-bond acceptors (Lipinski definition) is 5. The maximum absolute atomic E-state index is 11.7. The van der Waals surface area contributed by atoms with Gasteiger partial charge in [0, 0.05) is 6.08 Å². The number of amides is 2. The predicted octanol–water partition coefficient (Wildman–Crippen LogP) is 2.18. The van der Waals surface area contributed by atoms with Crippen LogP contribution >= 0.6 is 11.6 Å². The molecule has 24 heavy (non-hydrogen) atoms. The summed E-state index contributed by atoms with van der Waals surface area (Å²) in [6, 6.07) is 6.42. The Hall–Kier alpha value is -2.93. The molecule has 1 aromatic carbocycles. The van der Waals surface area contributed by atoms with Gasteiger partial charge in [-0.2, -0.15) is 0 Å². The molecule has 0 atom stereocenters. The van der Waals surface area contributed by atoms with Crippen molar-refractivity contribution >= 4 is 29.5 Å². The first-order valence-electron chi connectivity index (χ1n) is 7.04. The lowest BCUT2D eigenvalue weighted by Crippen LogP contribution is -2.40. The van der Waals surface area contributed by atoms with Crippen LogP contribution in [0.15, 0.2) is 41.0 Å². The number of carbonyl (C=O) groups is 2. The van der Waals surface area contributed by atoms with Crippen LogP contribution in [0.25, 0.3) is 6.08 Å². The van der Waals surface area contributed by atoms with E-state index in [1.165, 1.54) is 18.4 Å². The Bertz CT molecular complexity index is 786. The summed E-state index contributed by atoms with van der Waals surface area (Å²) >= 11 is 6.12. The van der Waals surface area contributed by atoms with Crippen LogP contribution in [0.3, 0.4) is 0 Å². The van der Waals surface area contributed by atoms with E-state index in [-0.39, 0.29) is 5.76 Å². The van der Waals surface area contributed by atoms with E-state index in [4.69, 9.17) is 25.5 Å². The van der Waals surface area contributed by atoms with E-state index in [0.717, 1.165) is 0 Å². The zero-order valence-electron chi connectivity index (χ0n) is 12.4. The van der Waals surface area contributed by atoms with Gasteiger partial charge < -0.3 is 13.9 Å². The highest BCUT2D eigenvalue weighted by Crippen LogP contribution is 2.38. The van der Waals surface area contributed by atoms with Crippen molar-refractivity contribution in [2.24, 2.45) is 0 Å². The Balaban J connectivity index is 1.60. The molecule has 2 heterocycles. The van der Waals surface area contributed by atoms with Crippen molar-refractivity contribution in [3.63, 3.8) is 0 Å². The molecular formula is C16H13ClN2O5. The van der Waals surface area contributed by atoms with Crippen molar-refractivity contribution in [3.05, 3.63) is 53.0 Å². The molecule has 0 aliphatic carbocycles. The summed E-state index contributed by atoms with van der Waals surface area (Å²) in [5.74, 6) is 0.0538. The highest BCUT2D eigenvalue weighted by molar-refractivity contribution is 6.32. The minimum absolute atomic E-state index is 0.0953. The van der Waals surface area contributed by atoms with E-state index in [0.29, 0.717) is 35.3 Å². The summed E-state index contributed by atoms with van der Waals surface area (Å²) in [5.41, 5.74) is 5.14. The standard InChI is InChI=1S/C16H13ClN2O5/c17-11-8-10(9-13-15(11)24-7-6-23-13)3-4-14(20)18-19-16(21)12-2-1-5-22-12/h1-5,8-9H,6-7H2,(H,18,20)(H,19,21)/b4-3+. The second kappa shape index (κ2) is 7.10. The number of carbonyl (C=O) groups excluding carboxylic acids is 2. The smallest absolute Gasteiger partial charge is 0.305 e. The summed E-state index contributed by atoms with van der Waals surface area (Å²) < 4.78 is 15.8. The van der Waals surface area contributed by atoms with Crippen molar-refractivity contribution in [2.75, 3.05) is 13.2 Å². The highest BCUT2D eigenvalue weighted by Gasteiger charge is 2.16. The Labute approximate surface area is 142 Å². The highest BCUT2D eigenvalue weighted by atomic mass is 35.5. The van der Waals surface area contributed by atoms with Gasteiger partial charge in [0.2, 0.25) is 0 Å². The summed E-state index contributed by atoms with van der Waals surface area (Å²) in [6.07, 6.45) is 4.16. The Kier molecular flexibility index (Phi) is 4.72. The fourth-order valence-corrected chi connectivity index (χ4v) is 2.30. The normalized spacial score (nSPS) is 12.9. The quantitative estimate of drug-likeness (QED) is 0.655. The fourth-order valence-electron chi connectivity index (χ4n) is 2.03. The van der Waals surface area contributed by atoms with Gasteiger partial charge in [-0.25, -0.2) is 0 Å². The van der Waals surface area contributed by atoms with Crippen LogP contribution in [0.2, 0.25) is 5.02 Å². The van der Waals surface area contributed by atoms with Crippen molar-refractivity contribution in [3.8, 4) is 11.5 Å². The molecule has 7 nitrogen and oxygen atoms in total. The van der Waals surface area contributed by atoms with E-state index >= 15 is 0 Å². The molecule has 1 aromatic heterocycles. The van der Waals surface area contributed by atoms with Crippen molar-refractivity contribution in [1.29, 1.82) is 0 Å². The number of benzene rings is 1. The second-order valence-corrected chi connectivity index (χ2v) is 5.19. The average molecular weight is 349 g/mol. The third kappa shape index (κ3) is 3.69. The van der Waals surface area contributed by atoms with Crippen LogP contribution in [0.5, 0.6) is 11.5 Å². The average Bonchev–Trinajstić information content (AvgIpc) is 3.12. The first kappa shape index (κ1) is 15.9. The first-order chi connectivity index (χ1) is 11.6. The largest absolute Gasteiger partial charge is 0.486 e. The van der Waals surface area contributed by atoms with Crippen molar-refractivity contribution in [2.45, 2.75) is 0 Å². The van der Waals surface area contributed by atoms with Gasteiger partial charge in [-0.05, 0) is 35.9 Å². The van der Waals surface area contributed by atoms with E-state index < -0.39 is 11.8 Å². The number of halogens is 1. The van der Waals surface area contributed by atoms with Crippen LogP contribution in [0, 0.1) is 0 Å². The van der Waals surface area contributed by atoms with Crippen molar-refractivity contribution < 1.29 is 23.5 Å². The topological polar surface area (TPSA) is 89.8 Å². The Morgan fingerprint density at radius 1 is 1.17 bits per heavy atom. The van der Waals surface area contributed by atoms with E-state index in [9.17, 15) is 9.59 Å². The lowest BCUT2D eigenvalue weighted by Gasteiger charge is -2.19. The zero-order valence-corrected chi connectivity index (χ0v) is 13.1. The molecule has 0 fully saturated rings. The summed E-state index contributed by atoms with van der Waals surface area (Å²) in [5, 5.41) is 0.401. The summed E-state index contributed by atoms with van der Waals surface area (Å²) in [6.45, 7) is 0.884. The van der Waals surface area contributed by atoms with E-state index in [2.05, 4.69) is 10.9 Å². The predicted molar refractivity (Wildman–Crippen MR) is 85.8 cm³/mol. The number of nitrogens with one attached hydrogen (secondary N) is 2. The summed E-state index contributed by atoms with van der Waals surface area (Å²) in [7, 11) is 0. The zero-order chi connectivity index (χ0) is 16.9. The minimum Gasteiger partial charge on any atom is -0.486 e. The molecular weight excluding hydrogens is 336 g/mol. The molecule has 0 radical (unpaired) electrons. The Morgan fingerprint density at radius 2 is 2.00 bits per heavy atom. The molecule has 124 valence electrons. The number of rotatable bonds is 3. The van der Waals surface area contributed by atoms with Crippen molar-refractivity contribution in [1.82, 2.24) is 10.9 Å². The third-order valence-corrected chi connectivity index (χ3v) is 3.37. The fraction of sp³-hybridized carbons (Fsp3) is 0.125. The van der Waals surface area contributed by atoms with Crippen LogP contribution < -0.4 is 20.3 Å². The first-order valence-corrected chi connectivity index (χ1v) is 7.42. The van der Waals surface area contributed by atoms with Gasteiger partial charge in [-0.15, -0.1) is 0 Å². The summed E-state index contributed by atoms with van der Waals surface area (Å²) in [4.78, 5) is 23.3. The number of fused-ring (bicyclic) bond motifs is 1. The third-order valence-electron chi connectivity index (χ3n) is 3.09. The molecule has 0 spiro atoms. The number of furan rings is 1. The van der Waals surface area contributed by atoms with Crippen LogP contribution in [-0.2, 0) is 4.79 Å². The van der Waals surface area contributed by atoms with E-state index in [1.807, 2.05) is 0 Å². The van der Waals surface area contributed by atoms with Gasteiger partial charge in [-0.3, -0.25) is 20.4 Å². The maximum Gasteiger partial charge on any atom is 0.305 e. The second-order valence-electron chi connectivity index (χ2n) is 4.78. The van der Waals surface area contributed by atoms with Gasteiger partial charge in [0.25, 0.3) is 5.91 Å². The lowest BCUT2D eigenvalue weighted by atomic mass is 10.1. The van der Waals surface area contributed by atoms with Gasteiger partial charge in [0.15, 0.2) is 17.3 Å². The molecule has 1 aliphatic heterocycles. The minimum atomic E-state index is -0.552. The van der Waals surface area contributed by atoms with Gasteiger partial charge in [0.1, 0.15) is 13.2 Å². The molecule has 2 N–H and O–H groups in total. The molecule has 2 amide bonds. The lowest BCUT2D eigenvalue weighted by molar-refractivity contribution is -0.117. The van der Waals surface area contributed by atoms with Gasteiger partial charge in [-0.1, -0.05) is 11.6 Å². The van der Waals surface area contributed by atoms with Gasteiger partial charge in [0.05, 0.1) is 11.3 Å². The molecule has 0 bridgehead atoms. The number of hydrogen-bond donors (Lipinski definition) is 2. The Morgan fingerprint density at radius 3 is 2.79 bits per heavy atom. The molecule has 0 saturated carbocycles. The van der Waals surface area contributed by atoms with Crippen LogP contribution in [0.1, 0.15) is 16.1 Å². The molecule has 2 aromatic rings.